The summed E-state index contributed by atoms with van der Waals surface area (Å²) < 4.78 is 25.4. The van der Waals surface area contributed by atoms with Crippen molar-refractivity contribution in [1.82, 2.24) is 4.90 Å². The molecule has 0 saturated carbocycles. The molecule has 2 aromatic carbocycles. The predicted octanol–water partition coefficient (Wildman–Crippen LogP) is 4.48. The van der Waals surface area contributed by atoms with Gasteiger partial charge in [0.1, 0.15) is 18.2 Å². The largest absolute Gasteiger partial charge is 0.494 e. The molecule has 1 amide bonds. The van der Waals surface area contributed by atoms with E-state index < -0.39 is 0 Å². The molecule has 3 saturated heterocycles. The van der Waals surface area contributed by atoms with Crippen LogP contribution in [-0.2, 0) is 9.53 Å². The summed E-state index contributed by atoms with van der Waals surface area (Å²) in [7, 11) is 0. The van der Waals surface area contributed by atoms with E-state index in [1.54, 1.807) is 17.0 Å². The fraction of sp³-hybridized carbons (Fsp3) is 0.536. The lowest BCUT2D eigenvalue weighted by Crippen LogP contribution is -2.59. The quantitative estimate of drug-likeness (QED) is 0.546. The molecule has 0 radical (unpaired) electrons. The second kappa shape index (κ2) is 11.0. The zero-order valence-corrected chi connectivity index (χ0v) is 20.5. The first-order valence-corrected chi connectivity index (χ1v) is 13.0. The first-order chi connectivity index (χ1) is 17.1. The van der Waals surface area contributed by atoms with E-state index in [2.05, 4.69) is 34.1 Å². The Labute approximate surface area is 207 Å². The number of carbonyl (C=O) groups is 1. The molecule has 35 heavy (non-hydrogen) atoms. The minimum Gasteiger partial charge on any atom is -0.494 e. The van der Waals surface area contributed by atoms with Crippen molar-refractivity contribution < 1.29 is 18.7 Å². The van der Waals surface area contributed by atoms with Gasteiger partial charge in [-0.05, 0) is 93.7 Å². The van der Waals surface area contributed by atoms with Gasteiger partial charge in [0.05, 0.1) is 18.8 Å². The fourth-order valence-electron chi connectivity index (χ4n) is 5.46. The van der Waals surface area contributed by atoms with Gasteiger partial charge >= 0.3 is 0 Å². The second-order valence-corrected chi connectivity index (χ2v) is 10.0. The molecule has 5 rings (SSSR count). The number of anilines is 2. The van der Waals surface area contributed by atoms with Crippen LogP contribution in [0.15, 0.2) is 48.5 Å². The Bertz CT molecular complexity index is 968. The van der Waals surface area contributed by atoms with Gasteiger partial charge in [0.25, 0.3) is 5.91 Å². The molecule has 0 atom stereocenters. The highest BCUT2D eigenvalue weighted by Gasteiger charge is 2.42. The Hall–Kier alpha value is -2.64. The maximum Gasteiger partial charge on any atom is 0.253 e. The first kappa shape index (κ1) is 24.1. The Morgan fingerprint density at radius 3 is 2.29 bits per heavy atom. The minimum absolute atomic E-state index is 0.0706. The van der Waals surface area contributed by atoms with Gasteiger partial charge in [-0.1, -0.05) is 6.42 Å². The fourth-order valence-corrected chi connectivity index (χ4v) is 5.46. The summed E-state index contributed by atoms with van der Waals surface area (Å²) in [6.07, 6.45) is 6.78. The van der Waals surface area contributed by atoms with E-state index in [-0.39, 0.29) is 23.9 Å². The maximum atomic E-state index is 13.3. The van der Waals surface area contributed by atoms with E-state index in [1.165, 1.54) is 50.2 Å². The lowest BCUT2D eigenvalue weighted by molar-refractivity contribution is -0.141. The molecule has 3 aliphatic heterocycles. The Morgan fingerprint density at radius 1 is 0.886 bits per heavy atom. The molecule has 0 bridgehead atoms. The van der Waals surface area contributed by atoms with Crippen LogP contribution in [-0.4, -0.2) is 68.9 Å². The monoisotopic (exact) mass is 481 g/mol. The summed E-state index contributed by atoms with van der Waals surface area (Å²) >= 11 is 0. The predicted molar refractivity (Wildman–Crippen MR) is 136 cm³/mol. The van der Waals surface area contributed by atoms with Gasteiger partial charge in [0.2, 0.25) is 0 Å². The van der Waals surface area contributed by atoms with E-state index in [1.807, 2.05) is 0 Å². The van der Waals surface area contributed by atoms with Crippen molar-refractivity contribution in [3.8, 4) is 5.75 Å². The van der Waals surface area contributed by atoms with Crippen LogP contribution in [0.5, 0.6) is 5.75 Å². The average molecular weight is 482 g/mol. The van der Waals surface area contributed by atoms with Crippen LogP contribution in [0.25, 0.3) is 0 Å². The molecule has 0 N–H and O–H groups in total. The van der Waals surface area contributed by atoms with Crippen molar-refractivity contribution in [2.24, 2.45) is 0 Å². The molecule has 3 aliphatic rings. The molecule has 3 fully saturated rings. The van der Waals surface area contributed by atoms with E-state index >= 15 is 0 Å². The van der Waals surface area contributed by atoms with Crippen LogP contribution in [0.4, 0.5) is 15.8 Å². The summed E-state index contributed by atoms with van der Waals surface area (Å²) in [6.45, 7) is 6.65. The Kier molecular flexibility index (Phi) is 7.54. The first-order valence-electron chi connectivity index (χ1n) is 13.0. The highest BCUT2D eigenvalue weighted by Crippen LogP contribution is 2.34. The lowest BCUT2D eigenvalue weighted by atomic mass is 9.88. The molecule has 7 heteroatoms. The van der Waals surface area contributed by atoms with Gasteiger partial charge in [-0.15, -0.1) is 0 Å². The summed E-state index contributed by atoms with van der Waals surface area (Å²) in [6, 6.07) is 14.5. The van der Waals surface area contributed by atoms with Gasteiger partial charge in [0.15, 0.2) is 0 Å². The van der Waals surface area contributed by atoms with Crippen molar-refractivity contribution in [1.29, 1.82) is 0 Å². The van der Waals surface area contributed by atoms with Gasteiger partial charge in [0, 0.05) is 31.0 Å². The van der Waals surface area contributed by atoms with Crippen LogP contribution >= 0.6 is 0 Å². The minimum atomic E-state index is -0.351. The van der Waals surface area contributed by atoms with Crippen LogP contribution in [0, 0.1) is 5.82 Å². The van der Waals surface area contributed by atoms with E-state index in [0.717, 1.165) is 56.9 Å². The van der Waals surface area contributed by atoms with Crippen molar-refractivity contribution in [3.63, 3.8) is 0 Å². The van der Waals surface area contributed by atoms with Crippen LogP contribution < -0.4 is 14.5 Å². The molecule has 0 unspecified atom stereocenters. The average Bonchev–Trinajstić information content (AvgIpc) is 2.90. The molecule has 0 aliphatic carbocycles. The smallest absolute Gasteiger partial charge is 0.253 e. The molecule has 0 aromatic heterocycles. The number of amides is 1. The van der Waals surface area contributed by atoms with Crippen LogP contribution in [0.2, 0.25) is 0 Å². The normalized spacial score (nSPS) is 20.9. The summed E-state index contributed by atoms with van der Waals surface area (Å²) in [5, 5.41) is 0. The highest BCUT2D eigenvalue weighted by molar-refractivity contribution is 5.95. The molecule has 188 valence electrons. The third-order valence-electron chi connectivity index (χ3n) is 7.60. The molecule has 6 nitrogen and oxygen atoms in total. The van der Waals surface area contributed by atoms with Gasteiger partial charge in [-0.2, -0.15) is 0 Å². The zero-order chi connectivity index (χ0) is 24.1. The summed E-state index contributed by atoms with van der Waals surface area (Å²) in [5.74, 6) is 0.549. The number of halogens is 1. The third kappa shape index (κ3) is 5.96. The molecular weight excluding hydrogens is 445 g/mol. The number of carbonyl (C=O) groups excluding carboxylic acids is 1. The maximum absolute atomic E-state index is 13.3. The number of nitrogens with zero attached hydrogens (tertiary/aromatic N) is 3. The summed E-state index contributed by atoms with van der Waals surface area (Å²) in [4.78, 5) is 19.1. The van der Waals surface area contributed by atoms with Crippen molar-refractivity contribution in [2.75, 3.05) is 62.3 Å². The SMILES string of the molecule is O=C1COC2(CCN(c3ccc(OCCCN4CCCCC4)cc3)CC2)CN1c1ccc(F)cc1. The van der Waals surface area contributed by atoms with Gasteiger partial charge in [-0.25, -0.2) is 4.39 Å². The second-order valence-electron chi connectivity index (χ2n) is 10.0. The van der Waals surface area contributed by atoms with Crippen LogP contribution in [0.1, 0.15) is 38.5 Å². The zero-order valence-electron chi connectivity index (χ0n) is 20.5. The van der Waals surface area contributed by atoms with Crippen LogP contribution in [0.3, 0.4) is 0 Å². The molecular formula is C28H36FN3O3. The summed E-state index contributed by atoms with van der Waals surface area (Å²) in [5.41, 5.74) is 1.56. The Morgan fingerprint density at radius 2 is 1.57 bits per heavy atom. The van der Waals surface area contributed by atoms with Gasteiger partial charge in [-0.3, -0.25) is 4.79 Å². The topological polar surface area (TPSA) is 45.2 Å². The number of likely N-dealkylation sites (tertiary alicyclic amines) is 1. The molecule has 1 spiro atoms. The van der Waals surface area contributed by atoms with E-state index in [9.17, 15) is 9.18 Å². The lowest BCUT2D eigenvalue weighted by Gasteiger charge is -2.47. The molecule has 2 aromatic rings. The number of piperidine rings is 2. The van der Waals surface area contributed by atoms with Crippen molar-refractivity contribution >= 4 is 17.3 Å². The standard InChI is InChI=1S/C28H36FN3O3/c29-23-5-7-25(8-6-23)32-22-28(35-21-27(32)33)13-18-31(19-14-28)24-9-11-26(12-10-24)34-20-4-17-30-15-2-1-3-16-30/h5-12H,1-4,13-22H2. The number of hydrogen-bond donors (Lipinski definition) is 0. The van der Waals surface area contributed by atoms with Crippen molar-refractivity contribution in [2.45, 2.75) is 44.1 Å². The molecule has 3 heterocycles. The van der Waals surface area contributed by atoms with E-state index in [0.29, 0.717) is 6.54 Å². The number of ether oxygens (including phenoxy) is 2. The van der Waals surface area contributed by atoms with E-state index in [4.69, 9.17) is 9.47 Å². The number of morpholine rings is 1. The number of rotatable bonds is 7. The van der Waals surface area contributed by atoms with Gasteiger partial charge < -0.3 is 24.2 Å². The Balaban J connectivity index is 1.10. The highest BCUT2D eigenvalue weighted by atomic mass is 19.1. The number of benzene rings is 2. The number of hydrogen-bond acceptors (Lipinski definition) is 5. The van der Waals surface area contributed by atoms with Crippen molar-refractivity contribution in [3.05, 3.63) is 54.3 Å². The third-order valence-corrected chi connectivity index (χ3v) is 7.60.